The predicted octanol–water partition coefficient (Wildman–Crippen LogP) is 3.26. The molecule has 2 fully saturated rings. The van der Waals surface area contributed by atoms with E-state index in [4.69, 9.17) is 28.4 Å². The summed E-state index contributed by atoms with van der Waals surface area (Å²) >= 11 is 0. The van der Waals surface area contributed by atoms with Crippen molar-refractivity contribution < 1.29 is 57.4 Å². The number of carbonyl (C=O) groups excluding carboxylic acids is 4. The summed E-state index contributed by atoms with van der Waals surface area (Å²) in [5, 5.41) is 24.0. The number of amides is 2. The van der Waals surface area contributed by atoms with Crippen LogP contribution in [0.5, 0.6) is 23.0 Å². The molecule has 2 heterocycles. The van der Waals surface area contributed by atoms with Crippen LogP contribution in [0.1, 0.15) is 40.0 Å². The van der Waals surface area contributed by atoms with Crippen molar-refractivity contribution in [2.75, 3.05) is 54.7 Å². The van der Waals surface area contributed by atoms with Crippen LogP contribution in [0.3, 0.4) is 0 Å². The normalized spacial score (nSPS) is 16.8. The van der Waals surface area contributed by atoms with Crippen LogP contribution in [0.2, 0.25) is 0 Å². The Labute approximate surface area is 291 Å². The van der Waals surface area contributed by atoms with Gasteiger partial charge in [-0.05, 0) is 0 Å². The van der Waals surface area contributed by atoms with E-state index >= 15 is 0 Å². The summed E-state index contributed by atoms with van der Waals surface area (Å²) < 4.78 is 31.7. The summed E-state index contributed by atoms with van der Waals surface area (Å²) in [6, 6.07) is 2.40. The number of nitro benzene ring substituents is 2. The zero-order valence-electron chi connectivity index (χ0n) is 28.3. The van der Waals surface area contributed by atoms with Crippen LogP contribution in [0.25, 0.3) is 0 Å². The number of nitro groups is 2. The summed E-state index contributed by atoms with van der Waals surface area (Å²) in [5.74, 6) is -3.05. The third kappa shape index (κ3) is 8.00. The predicted molar refractivity (Wildman–Crippen MR) is 176 cm³/mol. The molecule has 2 saturated heterocycles. The Morgan fingerprint density at radius 2 is 1.06 bits per heavy atom. The van der Waals surface area contributed by atoms with E-state index in [2.05, 4.69) is 13.2 Å². The molecule has 2 aromatic rings. The Hall–Kier alpha value is -6.20. The maximum absolute atomic E-state index is 13.4. The third-order valence-corrected chi connectivity index (χ3v) is 8.19. The Kier molecular flexibility index (Phi) is 11.8. The van der Waals surface area contributed by atoms with Gasteiger partial charge in [0.1, 0.15) is 23.2 Å². The van der Waals surface area contributed by atoms with Gasteiger partial charge >= 0.3 is 11.9 Å². The van der Waals surface area contributed by atoms with Gasteiger partial charge < -0.3 is 38.2 Å². The highest BCUT2D eigenvalue weighted by Crippen LogP contribution is 2.39. The van der Waals surface area contributed by atoms with Crippen LogP contribution >= 0.6 is 0 Å². The molecule has 272 valence electrons. The molecule has 0 saturated carbocycles. The van der Waals surface area contributed by atoms with Gasteiger partial charge in [0.15, 0.2) is 23.0 Å². The van der Waals surface area contributed by atoms with E-state index in [9.17, 15) is 39.4 Å². The molecule has 0 aromatic heterocycles. The van der Waals surface area contributed by atoms with E-state index in [-0.39, 0.29) is 79.7 Å². The molecule has 51 heavy (non-hydrogen) atoms. The maximum Gasteiger partial charge on any atom is 0.328 e. The second-order valence-corrected chi connectivity index (χ2v) is 11.5. The Morgan fingerprint density at radius 1 is 0.686 bits per heavy atom. The minimum Gasteiger partial charge on any atom is -0.493 e. The maximum atomic E-state index is 13.4. The number of ether oxygens (including phenoxy) is 6. The lowest BCUT2D eigenvalue weighted by Crippen LogP contribution is -2.41. The molecule has 0 radical (unpaired) electrons. The van der Waals surface area contributed by atoms with Crippen LogP contribution in [-0.2, 0) is 19.1 Å². The number of carbonyl (C=O) groups is 4. The summed E-state index contributed by atoms with van der Waals surface area (Å²) in [7, 11) is 4.91. The second kappa shape index (κ2) is 16.0. The lowest BCUT2D eigenvalue weighted by Gasteiger charge is -2.23. The van der Waals surface area contributed by atoms with Crippen molar-refractivity contribution in [2.24, 2.45) is 0 Å². The Bertz CT molecular complexity index is 1660. The van der Waals surface area contributed by atoms with Gasteiger partial charge in [0.05, 0.1) is 63.6 Å². The Morgan fingerprint density at radius 3 is 1.37 bits per heavy atom. The second-order valence-electron chi connectivity index (χ2n) is 11.5. The van der Waals surface area contributed by atoms with Gasteiger partial charge in [0.25, 0.3) is 23.2 Å². The number of rotatable bonds is 14. The van der Waals surface area contributed by atoms with Crippen LogP contribution in [-0.4, -0.2) is 110 Å². The van der Waals surface area contributed by atoms with Crippen molar-refractivity contribution in [1.82, 2.24) is 9.80 Å². The first-order chi connectivity index (χ1) is 24.3. The number of methoxy groups -OCH3 is 4. The fraction of sp³-hybridized carbons (Fsp3) is 0.394. The van der Waals surface area contributed by atoms with Crippen LogP contribution in [0.4, 0.5) is 11.4 Å². The minimum atomic E-state index is -0.988. The summed E-state index contributed by atoms with van der Waals surface area (Å²) in [5.41, 5.74) is -0.680. The largest absolute Gasteiger partial charge is 0.493 e. The average Bonchev–Trinajstić information content (AvgIpc) is 3.71. The first kappa shape index (κ1) is 37.6. The van der Waals surface area contributed by atoms with Crippen molar-refractivity contribution in [2.45, 2.75) is 31.3 Å². The lowest BCUT2D eigenvalue weighted by atomic mass is 10.1. The van der Waals surface area contributed by atoms with Crippen molar-refractivity contribution >= 4 is 35.1 Å². The van der Waals surface area contributed by atoms with Gasteiger partial charge in [0.2, 0.25) is 0 Å². The van der Waals surface area contributed by atoms with Crippen molar-refractivity contribution in [1.29, 1.82) is 0 Å². The number of hydrogen-bond donors (Lipinski definition) is 0. The lowest BCUT2D eigenvalue weighted by molar-refractivity contribution is -0.385. The molecule has 18 nitrogen and oxygen atoms in total. The highest BCUT2D eigenvalue weighted by Gasteiger charge is 2.41. The monoisotopic (exact) mass is 712 g/mol. The molecule has 18 heteroatoms. The van der Waals surface area contributed by atoms with E-state index in [1.807, 2.05) is 0 Å². The molecule has 0 bridgehead atoms. The van der Waals surface area contributed by atoms with Gasteiger partial charge in [-0.25, -0.2) is 9.59 Å². The molecule has 0 spiro atoms. The topological polar surface area (TPSA) is 216 Å². The number of esters is 2. The average molecular weight is 713 g/mol. The van der Waals surface area contributed by atoms with Crippen LogP contribution < -0.4 is 18.9 Å². The van der Waals surface area contributed by atoms with E-state index < -0.39 is 57.1 Å². The van der Waals surface area contributed by atoms with Gasteiger partial charge in [-0.3, -0.25) is 29.8 Å². The molecule has 2 atom stereocenters. The van der Waals surface area contributed by atoms with Crippen molar-refractivity contribution in [3.8, 4) is 23.0 Å². The number of benzene rings is 2. The molecular weight excluding hydrogens is 676 g/mol. The number of hydrogen-bond acceptors (Lipinski definition) is 14. The molecule has 2 amide bonds. The summed E-state index contributed by atoms with van der Waals surface area (Å²) in [6.07, 6.45) is 0.462. The fourth-order valence-corrected chi connectivity index (χ4v) is 5.74. The molecule has 4 rings (SSSR count). The minimum absolute atomic E-state index is 0.00563. The van der Waals surface area contributed by atoms with Crippen molar-refractivity contribution in [3.63, 3.8) is 0 Å². The number of nitrogens with zero attached hydrogens (tertiary/aromatic N) is 4. The zero-order chi connectivity index (χ0) is 37.6. The summed E-state index contributed by atoms with van der Waals surface area (Å²) in [4.78, 5) is 76.2. The summed E-state index contributed by atoms with van der Waals surface area (Å²) in [6.45, 7) is 7.50. The van der Waals surface area contributed by atoms with Gasteiger partial charge in [-0.1, -0.05) is 24.3 Å². The van der Waals surface area contributed by atoms with Crippen LogP contribution in [0, 0.1) is 20.2 Å². The fourth-order valence-electron chi connectivity index (χ4n) is 5.74. The quantitative estimate of drug-likeness (QED) is 0.0904. The van der Waals surface area contributed by atoms with E-state index in [0.29, 0.717) is 11.1 Å². The molecule has 2 aromatic carbocycles. The first-order valence-corrected chi connectivity index (χ1v) is 15.3. The molecule has 0 aliphatic carbocycles. The highest BCUT2D eigenvalue weighted by molar-refractivity contribution is 6.02. The van der Waals surface area contributed by atoms with E-state index in [1.54, 1.807) is 0 Å². The molecule has 2 aliphatic heterocycles. The van der Waals surface area contributed by atoms with Gasteiger partial charge in [-0.2, -0.15) is 0 Å². The van der Waals surface area contributed by atoms with Crippen LogP contribution in [0.15, 0.2) is 48.6 Å². The van der Waals surface area contributed by atoms with E-state index in [0.717, 1.165) is 34.1 Å². The Balaban J connectivity index is 1.48. The molecule has 0 N–H and O–H groups in total. The SMILES string of the molecule is C=C1CC(C(=O)OC)N(C(=O)c2cc(OC)c(OCCCOc3cc([N+](=O)[O-])c(C(=O)N4CC(=C)C[C@H]4C(=O)OC)cc3OC)cc2[N+](=O)[O-])C1. The third-order valence-electron chi connectivity index (χ3n) is 8.19. The standard InChI is InChI=1S/C33H36N4O14/c1-18-10-24(32(40)48-5)34(16-18)30(38)20-12-26(46-3)28(14-22(20)36(42)43)50-8-7-9-51-29-15-23(37(44)45)21(13-27(29)47-4)31(39)35-17-19(2)11-25(35)33(41)49-6/h12-15,24-25H,1-2,7-11,16-17H2,3-6H3/t24-,25?/m0/s1. The zero-order valence-corrected chi connectivity index (χ0v) is 28.3. The van der Waals surface area contributed by atoms with Gasteiger partial charge in [0, 0.05) is 44.5 Å². The molecule has 2 aliphatic rings. The van der Waals surface area contributed by atoms with Crippen molar-refractivity contribution in [3.05, 3.63) is 79.9 Å². The van der Waals surface area contributed by atoms with E-state index in [1.165, 1.54) is 28.4 Å². The molecular formula is C33H36N4O14. The van der Waals surface area contributed by atoms with Gasteiger partial charge in [-0.15, -0.1) is 0 Å². The first-order valence-electron chi connectivity index (χ1n) is 15.3. The smallest absolute Gasteiger partial charge is 0.328 e. The number of likely N-dealkylation sites (tertiary alicyclic amines) is 2. The highest BCUT2D eigenvalue weighted by atomic mass is 16.6. The molecule has 1 unspecified atom stereocenters.